The molecule has 0 aromatic heterocycles. The minimum absolute atomic E-state index is 0.116. The molecular formula is C19H18O6. The molecule has 6 nitrogen and oxygen atoms in total. The van der Waals surface area contributed by atoms with Gasteiger partial charge >= 0.3 is 17.9 Å². The lowest BCUT2D eigenvalue weighted by Gasteiger charge is -2.16. The van der Waals surface area contributed by atoms with Gasteiger partial charge in [0.05, 0.1) is 17.7 Å². The monoisotopic (exact) mass is 342 g/mol. The summed E-state index contributed by atoms with van der Waals surface area (Å²) in [5, 5.41) is 0. The van der Waals surface area contributed by atoms with Gasteiger partial charge in [0.25, 0.3) is 0 Å². The van der Waals surface area contributed by atoms with Crippen LogP contribution < -0.4 is 0 Å². The lowest BCUT2D eigenvalue weighted by molar-refractivity contribution is -0.155. The fraction of sp³-hybridized carbons (Fsp3) is 0.211. The van der Waals surface area contributed by atoms with Crippen LogP contribution >= 0.6 is 0 Å². The van der Waals surface area contributed by atoms with Gasteiger partial charge in [-0.1, -0.05) is 36.4 Å². The van der Waals surface area contributed by atoms with Crippen molar-refractivity contribution >= 4 is 17.9 Å². The van der Waals surface area contributed by atoms with E-state index in [0.29, 0.717) is 5.56 Å². The van der Waals surface area contributed by atoms with E-state index in [1.54, 1.807) is 67.6 Å². The quantitative estimate of drug-likeness (QED) is 0.568. The van der Waals surface area contributed by atoms with Crippen molar-refractivity contribution in [3.05, 3.63) is 71.8 Å². The minimum atomic E-state index is -1.33. The van der Waals surface area contributed by atoms with E-state index in [1.165, 1.54) is 0 Å². The highest BCUT2D eigenvalue weighted by atomic mass is 16.6. The standard InChI is InChI=1S/C19H18O6/c1-2-23-19(22)16(25-18(21)15-11-7-4-8-12-15)13-24-17(20)14-9-5-3-6-10-14/h3-12,16H,2,13H2,1H3/t16-/m0/s1. The molecule has 130 valence electrons. The predicted molar refractivity (Wildman–Crippen MR) is 89.0 cm³/mol. The van der Waals surface area contributed by atoms with Crippen LogP contribution in [-0.2, 0) is 19.0 Å². The molecule has 0 aliphatic heterocycles. The topological polar surface area (TPSA) is 78.9 Å². The molecule has 25 heavy (non-hydrogen) atoms. The summed E-state index contributed by atoms with van der Waals surface area (Å²) in [7, 11) is 0. The van der Waals surface area contributed by atoms with Crippen LogP contribution in [0.3, 0.4) is 0 Å². The maximum absolute atomic E-state index is 12.1. The second kappa shape index (κ2) is 9.22. The average Bonchev–Trinajstić information content (AvgIpc) is 2.66. The van der Waals surface area contributed by atoms with E-state index in [2.05, 4.69) is 0 Å². The first-order chi connectivity index (χ1) is 12.1. The van der Waals surface area contributed by atoms with Crippen molar-refractivity contribution in [2.45, 2.75) is 13.0 Å². The van der Waals surface area contributed by atoms with Gasteiger partial charge in [-0.15, -0.1) is 0 Å². The van der Waals surface area contributed by atoms with Crippen LogP contribution in [-0.4, -0.2) is 37.2 Å². The summed E-state index contributed by atoms with van der Waals surface area (Å²) in [5.74, 6) is -2.09. The largest absolute Gasteiger partial charge is 0.463 e. The third kappa shape index (κ3) is 5.46. The summed E-state index contributed by atoms with van der Waals surface area (Å²) in [6.07, 6.45) is -1.33. The van der Waals surface area contributed by atoms with Crippen molar-refractivity contribution in [2.75, 3.05) is 13.2 Å². The molecule has 0 bridgehead atoms. The lowest BCUT2D eigenvalue weighted by Crippen LogP contribution is -2.34. The van der Waals surface area contributed by atoms with Crippen LogP contribution in [0, 0.1) is 0 Å². The number of rotatable bonds is 7. The minimum Gasteiger partial charge on any atom is -0.463 e. The summed E-state index contributed by atoms with van der Waals surface area (Å²) in [4.78, 5) is 36.0. The Kier molecular flexibility index (Phi) is 6.71. The van der Waals surface area contributed by atoms with Gasteiger partial charge in [-0.25, -0.2) is 14.4 Å². The molecule has 0 N–H and O–H groups in total. The fourth-order valence-electron chi connectivity index (χ4n) is 1.97. The first kappa shape index (κ1) is 18.2. The van der Waals surface area contributed by atoms with E-state index in [4.69, 9.17) is 14.2 Å². The molecule has 0 aliphatic rings. The van der Waals surface area contributed by atoms with Gasteiger partial charge in [-0.05, 0) is 31.2 Å². The zero-order valence-corrected chi connectivity index (χ0v) is 13.7. The van der Waals surface area contributed by atoms with E-state index in [9.17, 15) is 14.4 Å². The molecule has 0 amide bonds. The second-order valence-corrected chi connectivity index (χ2v) is 4.98. The van der Waals surface area contributed by atoms with Gasteiger partial charge in [-0.3, -0.25) is 0 Å². The molecule has 0 heterocycles. The van der Waals surface area contributed by atoms with Gasteiger partial charge in [0.15, 0.2) is 0 Å². The van der Waals surface area contributed by atoms with Crippen molar-refractivity contribution in [2.24, 2.45) is 0 Å². The number of benzene rings is 2. The number of hydrogen-bond donors (Lipinski definition) is 0. The highest BCUT2D eigenvalue weighted by Crippen LogP contribution is 2.08. The molecule has 0 saturated carbocycles. The van der Waals surface area contributed by atoms with Crippen LogP contribution in [0.15, 0.2) is 60.7 Å². The van der Waals surface area contributed by atoms with Crippen LogP contribution in [0.1, 0.15) is 27.6 Å². The molecule has 0 saturated heterocycles. The molecule has 0 unspecified atom stereocenters. The van der Waals surface area contributed by atoms with Gasteiger partial charge in [0, 0.05) is 0 Å². The zero-order chi connectivity index (χ0) is 18.1. The first-order valence-electron chi connectivity index (χ1n) is 7.76. The lowest BCUT2D eigenvalue weighted by atomic mass is 10.2. The molecule has 1 atom stereocenters. The number of ether oxygens (including phenoxy) is 3. The summed E-state index contributed by atoms with van der Waals surface area (Å²) >= 11 is 0. The molecule has 0 radical (unpaired) electrons. The van der Waals surface area contributed by atoms with E-state index in [-0.39, 0.29) is 12.2 Å². The maximum atomic E-state index is 12.1. The smallest absolute Gasteiger partial charge is 0.351 e. The Morgan fingerprint density at radius 1 is 0.800 bits per heavy atom. The number of carbonyl (C=O) groups excluding carboxylic acids is 3. The predicted octanol–water partition coefficient (Wildman–Crippen LogP) is 2.63. The van der Waals surface area contributed by atoms with Crippen molar-refractivity contribution < 1.29 is 28.6 Å². The molecule has 6 heteroatoms. The van der Waals surface area contributed by atoms with E-state index in [0.717, 1.165) is 0 Å². The van der Waals surface area contributed by atoms with Gasteiger partial charge in [0.2, 0.25) is 6.10 Å². The Balaban J connectivity index is 2.02. The van der Waals surface area contributed by atoms with Crippen molar-refractivity contribution in [1.82, 2.24) is 0 Å². The average molecular weight is 342 g/mol. The fourth-order valence-corrected chi connectivity index (χ4v) is 1.97. The van der Waals surface area contributed by atoms with Crippen LogP contribution in [0.5, 0.6) is 0 Å². The highest BCUT2D eigenvalue weighted by Gasteiger charge is 2.27. The van der Waals surface area contributed by atoms with Crippen LogP contribution in [0.25, 0.3) is 0 Å². The molecule has 0 fully saturated rings. The molecule has 0 spiro atoms. The van der Waals surface area contributed by atoms with Crippen LogP contribution in [0.2, 0.25) is 0 Å². The molecule has 2 aromatic carbocycles. The van der Waals surface area contributed by atoms with Crippen molar-refractivity contribution in [3.63, 3.8) is 0 Å². The maximum Gasteiger partial charge on any atom is 0.351 e. The number of carbonyl (C=O) groups is 3. The zero-order valence-electron chi connectivity index (χ0n) is 13.7. The van der Waals surface area contributed by atoms with Crippen molar-refractivity contribution in [3.8, 4) is 0 Å². The van der Waals surface area contributed by atoms with Crippen LogP contribution in [0.4, 0.5) is 0 Å². The highest BCUT2D eigenvalue weighted by molar-refractivity contribution is 5.92. The summed E-state index contributed by atoms with van der Waals surface area (Å²) < 4.78 is 15.1. The normalized spacial score (nSPS) is 11.2. The number of hydrogen-bond acceptors (Lipinski definition) is 6. The van der Waals surface area contributed by atoms with E-state index < -0.39 is 30.6 Å². The Bertz CT molecular complexity index is 711. The second-order valence-electron chi connectivity index (χ2n) is 4.98. The molecule has 0 aliphatic carbocycles. The van der Waals surface area contributed by atoms with E-state index in [1.807, 2.05) is 0 Å². The molecule has 2 aromatic rings. The Morgan fingerprint density at radius 2 is 1.32 bits per heavy atom. The van der Waals surface area contributed by atoms with Crippen molar-refractivity contribution in [1.29, 1.82) is 0 Å². The Morgan fingerprint density at radius 3 is 1.84 bits per heavy atom. The van der Waals surface area contributed by atoms with Gasteiger partial charge < -0.3 is 14.2 Å². The summed E-state index contributed by atoms with van der Waals surface area (Å²) in [6.45, 7) is 1.32. The molecule has 2 rings (SSSR count). The van der Waals surface area contributed by atoms with E-state index >= 15 is 0 Å². The Labute approximate surface area is 145 Å². The SMILES string of the molecule is CCOC(=O)[C@H](COC(=O)c1ccccc1)OC(=O)c1ccccc1. The number of esters is 3. The summed E-state index contributed by atoms with van der Waals surface area (Å²) in [6, 6.07) is 16.5. The third-order valence-corrected chi connectivity index (χ3v) is 3.18. The third-order valence-electron chi connectivity index (χ3n) is 3.18. The first-order valence-corrected chi connectivity index (χ1v) is 7.76. The van der Waals surface area contributed by atoms with Gasteiger partial charge in [-0.2, -0.15) is 0 Å². The van der Waals surface area contributed by atoms with Gasteiger partial charge in [0.1, 0.15) is 6.61 Å². The Hall–Kier alpha value is -3.15. The summed E-state index contributed by atoms with van der Waals surface area (Å²) in [5.41, 5.74) is 0.616. The molecular weight excluding hydrogens is 324 g/mol.